The first-order valence-electron chi connectivity index (χ1n) is 7.43. The number of halogens is 1. The molecule has 0 radical (unpaired) electrons. The third-order valence-electron chi connectivity index (χ3n) is 3.65. The highest BCUT2D eigenvalue weighted by Gasteiger charge is 2.19. The lowest BCUT2D eigenvalue weighted by molar-refractivity contribution is -0.116. The van der Waals surface area contributed by atoms with Gasteiger partial charge in [0.25, 0.3) is 5.91 Å². The summed E-state index contributed by atoms with van der Waals surface area (Å²) in [6.07, 6.45) is 0.837. The molecule has 0 fully saturated rings. The molecular formula is C16H16FN5O2. The molecule has 1 aromatic carbocycles. The quantitative estimate of drug-likeness (QED) is 0.801. The van der Waals surface area contributed by atoms with E-state index in [1.807, 2.05) is 0 Å². The molecule has 24 heavy (non-hydrogen) atoms. The number of amides is 2. The van der Waals surface area contributed by atoms with E-state index in [1.165, 1.54) is 18.2 Å². The van der Waals surface area contributed by atoms with Crippen LogP contribution in [0, 0.1) is 12.7 Å². The summed E-state index contributed by atoms with van der Waals surface area (Å²) >= 11 is 0. The summed E-state index contributed by atoms with van der Waals surface area (Å²) < 4.78 is 14.2. The van der Waals surface area contributed by atoms with Crippen LogP contribution in [0.2, 0.25) is 0 Å². The van der Waals surface area contributed by atoms with E-state index in [2.05, 4.69) is 25.9 Å². The van der Waals surface area contributed by atoms with Gasteiger partial charge in [-0.15, -0.1) is 0 Å². The maximum Gasteiger partial charge on any atom is 0.274 e. The molecule has 2 amide bonds. The van der Waals surface area contributed by atoms with Crippen molar-refractivity contribution in [2.75, 3.05) is 23.0 Å². The van der Waals surface area contributed by atoms with Crippen molar-refractivity contribution in [2.24, 2.45) is 0 Å². The van der Waals surface area contributed by atoms with Crippen molar-refractivity contribution in [1.29, 1.82) is 0 Å². The summed E-state index contributed by atoms with van der Waals surface area (Å²) in [5.74, 6) is -0.983. The van der Waals surface area contributed by atoms with Gasteiger partial charge < -0.3 is 16.0 Å². The van der Waals surface area contributed by atoms with Gasteiger partial charge in [0.1, 0.15) is 11.5 Å². The Hall–Kier alpha value is -3.03. The predicted octanol–water partition coefficient (Wildman–Crippen LogP) is 2.10. The van der Waals surface area contributed by atoms with Crippen LogP contribution < -0.4 is 16.0 Å². The number of nitrogens with zero attached hydrogens (tertiary/aromatic N) is 2. The maximum atomic E-state index is 14.2. The average Bonchev–Trinajstić information content (AvgIpc) is 2.55. The van der Waals surface area contributed by atoms with Crippen molar-refractivity contribution in [1.82, 2.24) is 9.97 Å². The molecule has 2 heterocycles. The molecule has 0 saturated carbocycles. The fourth-order valence-electron chi connectivity index (χ4n) is 2.48. The largest absolute Gasteiger partial charge is 0.357 e. The van der Waals surface area contributed by atoms with E-state index < -0.39 is 11.7 Å². The van der Waals surface area contributed by atoms with E-state index in [9.17, 15) is 14.0 Å². The fraction of sp³-hybridized carbons (Fsp3) is 0.250. The number of nitrogens with one attached hydrogen (secondary N) is 3. The van der Waals surface area contributed by atoms with Gasteiger partial charge in [0, 0.05) is 24.8 Å². The van der Waals surface area contributed by atoms with E-state index in [4.69, 9.17) is 0 Å². The minimum atomic E-state index is -0.621. The molecule has 0 spiro atoms. The number of carbonyl (C=O) groups excluding carboxylic acids is 2. The Labute approximate surface area is 137 Å². The Morgan fingerprint density at radius 1 is 1.25 bits per heavy atom. The Kier molecular flexibility index (Phi) is 4.11. The van der Waals surface area contributed by atoms with Gasteiger partial charge in [-0.1, -0.05) is 0 Å². The minimum absolute atomic E-state index is 0.0529. The molecule has 3 rings (SSSR count). The van der Waals surface area contributed by atoms with Crippen LogP contribution >= 0.6 is 0 Å². The van der Waals surface area contributed by atoms with Gasteiger partial charge >= 0.3 is 0 Å². The Balaban J connectivity index is 1.87. The Bertz CT molecular complexity index is 837. The number of benzene rings is 1. The van der Waals surface area contributed by atoms with E-state index in [-0.39, 0.29) is 17.3 Å². The van der Waals surface area contributed by atoms with Gasteiger partial charge in [-0.05, 0) is 37.1 Å². The second-order valence-corrected chi connectivity index (χ2v) is 5.46. The summed E-state index contributed by atoms with van der Waals surface area (Å²) in [6.45, 7) is 1.74. The van der Waals surface area contributed by atoms with Crippen molar-refractivity contribution < 1.29 is 14.0 Å². The highest BCUT2D eigenvalue weighted by Crippen LogP contribution is 2.28. The van der Waals surface area contributed by atoms with Gasteiger partial charge in [-0.2, -0.15) is 0 Å². The summed E-state index contributed by atoms with van der Waals surface area (Å²) in [6, 6.07) is 4.27. The van der Waals surface area contributed by atoms with E-state index in [0.717, 1.165) is 5.56 Å². The lowest BCUT2D eigenvalue weighted by Gasteiger charge is -2.18. The number of aromatic nitrogens is 2. The van der Waals surface area contributed by atoms with E-state index >= 15 is 0 Å². The van der Waals surface area contributed by atoms with Crippen molar-refractivity contribution in [2.45, 2.75) is 19.8 Å². The van der Waals surface area contributed by atoms with Gasteiger partial charge in [0.05, 0.1) is 5.69 Å². The van der Waals surface area contributed by atoms with Crippen molar-refractivity contribution in [3.05, 3.63) is 41.0 Å². The van der Waals surface area contributed by atoms with E-state index in [1.54, 1.807) is 14.0 Å². The molecular weight excluding hydrogens is 313 g/mol. The Morgan fingerprint density at radius 2 is 2.04 bits per heavy atom. The molecule has 0 aliphatic carbocycles. The van der Waals surface area contributed by atoms with Crippen LogP contribution in [-0.2, 0) is 11.2 Å². The topological polar surface area (TPSA) is 96.0 Å². The zero-order valence-electron chi connectivity index (χ0n) is 13.2. The molecule has 7 nitrogen and oxygen atoms in total. The zero-order chi connectivity index (χ0) is 17.3. The van der Waals surface area contributed by atoms with Crippen LogP contribution in [-0.4, -0.2) is 28.8 Å². The van der Waals surface area contributed by atoms with Crippen molar-refractivity contribution >= 4 is 29.1 Å². The average molecular weight is 329 g/mol. The van der Waals surface area contributed by atoms with Gasteiger partial charge in [-0.25, -0.2) is 14.4 Å². The molecule has 2 aromatic rings. The van der Waals surface area contributed by atoms with Crippen LogP contribution in [0.5, 0.6) is 0 Å². The maximum absolute atomic E-state index is 14.2. The highest BCUT2D eigenvalue weighted by atomic mass is 19.1. The van der Waals surface area contributed by atoms with Crippen LogP contribution in [0.4, 0.5) is 21.7 Å². The summed E-state index contributed by atoms with van der Waals surface area (Å²) in [5, 5.41) is 7.90. The normalized spacial score (nSPS) is 13.0. The SMILES string of the molecule is CNc1nc(C)cc(C(=O)Nc2cc3c(cc2F)NC(=O)CC3)n1. The summed E-state index contributed by atoms with van der Waals surface area (Å²) in [7, 11) is 1.65. The lowest BCUT2D eigenvalue weighted by atomic mass is 10.0. The molecule has 1 aromatic heterocycles. The highest BCUT2D eigenvalue weighted by molar-refractivity contribution is 6.03. The number of fused-ring (bicyclic) bond motifs is 1. The predicted molar refractivity (Wildman–Crippen MR) is 87.6 cm³/mol. The monoisotopic (exact) mass is 329 g/mol. The number of hydrogen-bond donors (Lipinski definition) is 3. The first kappa shape index (κ1) is 15.9. The molecule has 1 aliphatic rings. The molecule has 0 atom stereocenters. The van der Waals surface area contributed by atoms with Crippen LogP contribution in [0.15, 0.2) is 18.2 Å². The third-order valence-corrected chi connectivity index (χ3v) is 3.65. The minimum Gasteiger partial charge on any atom is -0.357 e. The standard InChI is InChI=1S/C16H16FN5O2/c1-8-5-13(22-16(18-2)19-8)15(24)21-12-6-9-3-4-14(23)20-11(9)7-10(12)17/h5-7H,3-4H2,1-2H3,(H,20,23)(H,21,24)(H,18,19,22). The summed E-state index contributed by atoms with van der Waals surface area (Å²) in [4.78, 5) is 31.9. The number of rotatable bonds is 3. The van der Waals surface area contributed by atoms with Gasteiger partial charge in [0.15, 0.2) is 0 Å². The third kappa shape index (κ3) is 3.17. The molecule has 8 heteroatoms. The first-order chi connectivity index (χ1) is 11.5. The van der Waals surface area contributed by atoms with Gasteiger partial charge in [0.2, 0.25) is 11.9 Å². The number of hydrogen-bond acceptors (Lipinski definition) is 5. The lowest BCUT2D eigenvalue weighted by Crippen LogP contribution is -2.21. The Morgan fingerprint density at radius 3 is 2.79 bits per heavy atom. The molecule has 124 valence electrons. The summed E-state index contributed by atoms with van der Waals surface area (Å²) in [5.41, 5.74) is 2.03. The van der Waals surface area contributed by atoms with Crippen molar-refractivity contribution in [3.63, 3.8) is 0 Å². The fourth-order valence-corrected chi connectivity index (χ4v) is 2.48. The number of anilines is 3. The zero-order valence-corrected chi connectivity index (χ0v) is 13.2. The smallest absolute Gasteiger partial charge is 0.274 e. The molecule has 0 unspecified atom stereocenters. The number of aryl methyl sites for hydroxylation is 2. The second kappa shape index (κ2) is 6.23. The molecule has 0 saturated heterocycles. The van der Waals surface area contributed by atoms with Crippen molar-refractivity contribution in [3.8, 4) is 0 Å². The second-order valence-electron chi connectivity index (χ2n) is 5.46. The number of carbonyl (C=O) groups is 2. The van der Waals surface area contributed by atoms with E-state index in [0.29, 0.717) is 30.2 Å². The first-order valence-corrected chi connectivity index (χ1v) is 7.43. The molecule has 1 aliphatic heterocycles. The van der Waals surface area contributed by atoms with Crippen LogP contribution in [0.25, 0.3) is 0 Å². The van der Waals surface area contributed by atoms with Crippen LogP contribution in [0.1, 0.15) is 28.2 Å². The van der Waals surface area contributed by atoms with Crippen LogP contribution in [0.3, 0.4) is 0 Å². The molecule has 3 N–H and O–H groups in total. The molecule has 0 bridgehead atoms. The van der Waals surface area contributed by atoms with Gasteiger partial charge in [-0.3, -0.25) is 9.59 Å².